The molecule has 0 spiro atoms. The molecule has 4 aromatic carbocycles. The van der Waals surface area contributed by atoms with Crippen molar-refractivity contribution in [2.45, 2.75) is 38.9 Å². The quantitative estimate of drug-likeness (QED) is 0.175. The second-order valence-corrected chi connectivity index (χ2v) is 93.4. The van der Waals surface area contributed by atoms with Gasteiger partial charge in [-0.25, -0.2) is 0 Å². The summed E-state index contributed by atoms with van der Waals surface area (Å²) in [4.78, 5) is 0. The minimum absolute atomic E-state index is 0.211. The number of hydrogen-bond donors (Lipinski definition) is 0. The molecule has 0 amide bonds. The fourth-order valence-electron chi connectivity index (χ4n) is 8.12. The Labute approximate surface area is 232 Å². The predicted molar refractivity (Wildman–Crippen MR) is 168 cm³/mol. The summed E-state index contributed by atoms with van der Waals surface area (Å²) in [5.74, 6) is -0.423. The first-order valence-electron chi connectivity index (χ1n) is 14.5. The van der Waals surface area contributed by atoms with Gasteiger partial charge in [-0.1, -0.05) is 0 Å². The number of halogens is 2. The van der Waals surface area contributed by atoms with Crippen molar-refractivity contribution in [3.8, 4) is 22.3 Å². The Kier molecular flexibility index (Phi) is 5.63. The van der Waals surface area contributed by atoms with Crippen molar-refractivity contribution < 1.29 is 23.0 Å². The summed E-state index contributed by atoms with van der Waals surface area (Å²) in [5, 5.41) is 0. The van der Waals surface area contributed by atoms with Gasteiger partial charge in [-0.05, 0) is 0 Å². The van der Waals surface area contributed by atoms with Crippen LogP contribution in [0.25, 0.3) is 34.4 Å². The molecule has 6 rings (SSSR count). The van der Waals surface area contributed by atoms with Crippen LogP contribution in [-0.4, -0.2) is 6.94 Å². The molecule has 2 unspecified atom stereocenters. The van der Waals surface area contributed by atoms with Crippen LogP contribution in [0.15, 0.2) is 97.1 Å². The predicted octanol–water partition coefficient (Wildman–Crippen LogP) is 10.4. The molecule has 40 heavy (non-hydrogen) atoms. The summed E-state index contributed by atoms with van der Waals surface area (Å²) in [6.45, 7) is 7.27. The molecule has 0 fully saturated rings. The van der Waals surface area contributed by atoms with E-state index in [1.54, 1.807) is 24.3 Å². The molecule has 0 nitrogen and oxygen atoms in total. The topological polar surface area (TPSA) is 0 Å². The first-order valence-corrected chi connectivity index (χ1v) is 39.3. The van der Waals surface area contributed by atoms with E-state index in [2.05, 4.69) is 90.9 Å². The maximum absolute atomic E-state index is 13.8. The van der Waals surface area contributed by atoms with Crippen LogP contribution in [0.3, 0.4) is 0 Å². The van der Waals surface area contributed by atoms with Crippen molar-refractivity contribution in [1.82, 2.24) is 0 Å². The molecule has 4 heteroatoms. The molecule has 2 aliphatic rings. The average Bonchev–Trinajstić information content (AvgIpc) is 3.62. The standard InChI is InChI=1S/2C15H10F.2C2H5.2CH3.Hf.H2Si/c2*16-13-9-7-12(8-10-13)15-6-2-4-11-3-1-5-14(11)15;2*1-2;;;;/h2*1-10H;2*1H2,2H3;2*1H3;;1H2. The van der Waals surface area contributed by atoms with Gasteiger partial charge in [0, 0.05) is 0 Å². The minimum atomic E-state index is -4.97. The second kappa shape index (κ2) is 8.20. The van der Waals surface area contributed by atoms with E-state index >= 15 is 0 Å². The van der Waals surface area contributed by atoms with Crippen molar-refractivity contribution in [1.29, 1.82) is 0 Å². The molecule has 0 radical (unpaired) electrons. The van der Waals surface area contributed by atoms with Crippen LogP contribution in [-0.2, 0) is 14.2 Å². The summed E-state index contributed by atoms with van der Waals surface area (Å²) in [5.41, 5.74) is 9.80. The molecule has 2 aliphatic carbocycles. The van der Waals surface area contributed by atoms with Crippen LogP contribution in [0.2, 0.25) is 17.7 Å². The number of allylic oxidation sites excluding steroid dienone is 2. The monoisotopic (exact) mass is 716 g/mol. The molecule has 0 bridgehead atoms. The number of fused-ring (bicyclic) bond motifs is 2. The third-order valence-electron chi connectivity index (χ3n) is 12.3. The Morgan fingerprint density at radius 1 is 0.600 bits per heavy atom. The van der Waals surface area contributed by atoms with Gasteiger partial charge in [-0.2, -0.15) is 0 Å². The van der Waals surface area contributed by atoms with Gasteiger partial charge in [-0.15, -0.1) is 0 Å². The normalized spacial score (nSPS) is 20.3. The van der Waals surface area contributed by atoms with Crippen LogP contribution in [0.4, 0.5) is 8.78 Å². The van der Waals surface area contributed by atoms with Crippen molar-refractivity contribution in [3.63, 3.8) is 0 Å². The summed E-state index contributed by atoms with van der Waals surface area (Å²) in [6, 6.07) is 27.1. The molecule has 0 aromatic heterocycles. The van der Waals surface area contributed by atoms with Crippen molar-refractivity contribution in [2.24, 2.45) is 0 Å². The van der Waals surface area contributed by atoms with Crippen molar-refractivity contribution in [3.05, 3.63) is 131 Å². The van der Waals surface area contributed by atoms with Gasteiger partial charge in [0.25, 0.3) is 0 Å². The molecule has 2 atom stereocenters. The average molecular weight is 715 g/mol. The fourth-order valence-corrected chi connectivity index (χ4v) is 43.0. The Hall–Kier alpha value is -2.69. The Balaban J connectivity index is 1.57. The van der Waals surface area contributed by atoms with E-state index in [4.69, 9.17) is 0 Å². The zero-order valence-corrected chi connectivity index (χ0v) is 28.9. The van der Waals surface area contributed by atoms with Gasteiger partial charge in [0.05, 0.1) is 0 Å². The third kappa shape index (κ3) is 3.61. The molecule has 0 saturated carbocycles. The Morgan fingerprint density at radius 3 is 1.32 bits per heavy atom. The Bertz CT molecular complexity index is 1730. The Morgan fingerprint density at radius 2 is 0.975 bits per heavy atom. The first kappa shape index (κ1) is 27.5. The van der Waals surface area contributed by atoms with Crippen LogP contribution in [0.1, 0.15) is 43.5 Å². The van der Waals surface area contributed by atoms with E-state index in [-0.39, 0.29) is 11.6 Å². The first-order chi connectivity index (χ1) is 18.9. The van der Waals surface area contributed by atoms with E-state index in [1.807, 2.05) is 24.3 Å². The van der Waals surface area contributed by atoms with Gasteiger partial charge >= 0.3 is 234 Å². The van der Waals surface area contributed by atoms with Crippen LogP contribution in [0.5, 0.6) is 0 Å². The fraction of sp³-hybridized carbons (Fsp3) is 0.222. The molecule has 0 N–H and O–H groups in total. The zero-order chi connectivity index (χ0) is 28.4. The maximum atomic E-state index is 13.8. The SMILES string of the molecule is C[CH2][Hf]([CH3])([CH3])(=[SiH2])([CH2]C)([CH]1C=Cc2c(-c3ccc(F)cc3)cccc21)[CH]1C=Cc2c(-c3ccc(F)cc3)cccc21. The van der Waals surface area contributed by atoms with Gasteiger partial charge in [0.15, 0.2) is 0 Å². The molecule has 0 aliphatic heterocycles. The number of benzene rings is 4. The molecule has 0 saturated heterocycles. The summed E-state index contributed by atoms with van der Waals surface area (Å²) in [6.07, 6.45) is 9.71. The summed E-state index contributed by atoms with van der Waals surface area (Å²) < 4.78 is 35.9. The van der Waals surface area contributed by atoms with Gasteiger partial charge < -0.3 is 0 Å². The molecule has 4 aromatic rings. The van der Waals surface area contributed by atoms with E-state index in [9.17, 15) is 8.78 Å². The van der Waals surface area contributed by atoms with Crippen LogP contribution >= 0.6 is 0 Å². The summed E-state index contributed by atoms with van der Waals surface area (Å²) in [7, 11) is 0. The van der Waals surface area contributed by atoms with Crippen LogP contribution in [0, 0.1) is 11.6 Å². The molecular formula is C36H38F2HfSi. The van der Waals surface area contributed by atoms with E-state index in [0.717, 1.165) is 19.5 Å². The molecular weight excluding hydrogens is 677 g/mol. The number of hydrogen-bond acceptors (Lipinski definition) is 0. The summed E-state index contributed by atoms with van der Waals surface area (Å²) >= 11 is -4.97. The van der Waals surface area contributed by atoms with Crippen molar-refractivity contribution in [2.75, 3.05) is 0 Å². The van der Waals surface area contributed by atoms with Gasteiger partial charge in [0.2, 0.25) is 0 Å². The zero-order valence-electron chi connectivity index (χ0n) is 23.9. The third-order valence-corrected chi connectivity index (χ3v) is 75.5. The van der Waals surface area contributed by atoms with E-state index < -0.39 is 14.2 Å². The van der Waals surface area contributed by atoms with Crippen molar-refractivity contribution >= 4 is 19.1 Å². The molecule has 204 valence electrons. The second-order valence-electron chi connectivity index (χ2n) is 14.9. The van der Waals surface area contributed by atoms with Gasteiger partial charge in [0.1, 0.15) is 0 Å². The van der Waals surface area contributed by atoms with Crippen LogP contribution < -0.4 is 0 Å². The van der Waals surface area contributed by atoms with E-state index in [1.165, 1.54) is 33.4 Å². The van der Waals surface area contributed by atoms with E-state index in [0.29, 0.717) is 7.35 Å². The molecule has 0 heterocycles. The van der Waals surface area contributed by atoms with Gasteiger partial charge in [-0.3, -0.25) is 0 Å². The number of rotatable bonds is 6.